The number of halogens is 3. The van der Waals surface area contributed by atoms with Crippen LogP contribution in [-0.4, -0.2) is 37.4 Å². The van der Waals surface area contributed by atoms with Gasteiger partial charge in [0.15, 0.2) is 0 Å². The van der Waals surface area contributed by atoms with Gasteiger partial charge >= 0.3 is 18.4 Å². The number of rotatable bonds is 5. The molecule has 1 atom stereocenters. The van der Waals surface area contributed by atoms with Crippen LogP contribution in [0.2, 0.25) is 0 Å². The average Bonchev–Trinajstić information content (AvgIpc) is 2.78. The van der Waals surface area contributed by atoms with Gasteiger partial charge in [0.05, 0.1) is 12.8 Å². The van der Waals surface area contributed by atoms with Crippen LogP contribution in [0.25, 0.3) is 0 Å². The maximum Gasteiger partial charge on any atom is 0.573 e. The van der Waals surface area contributed by atoms with E-state index in [9.17, 15) is 27.6 Å². The van der Waals surface area contributed by atoms with Crippen LogP contribution in [0.3, 0.4) is 0 Å². The summed E-state index contributed by atoms with van der Waals surface area (Å²) in [5, 5.41) is 2.40. The third-order valence-electron chi connectivity index (χ3n) is 3.21. The highest BCUT2D eigenvalue weighted by molar-refractivity contribution is 6.21. The van der Waals surface area contributed by atoms with Gasteiger partial charge in [0.2, 0.25) is 0 Å². The number of carbonyl (C=O) groups is 3. The quantitative estimate of drug-likeness (QED) is 0.651. The standard InChI is InChI=1S/C14H13F3N2O5/c1-23-11(20)7-6-10-12(21)19(13(22)18-10)8-2-4-9(5-3-8)24-14(15,16)17/h2-5,10H,6-7H2,1H3,(H,18,22)/t10-/m1/s1. The summed E-state index contributed by atoms with van der Waals surface area (Å²) in [6, 6.07) is 2.67. The fourth-order valence-electron chi connectivity index (χ4n) is 2.13. The van der Waals surface area contributed by atoms with E-state index >= 15 is 0 Å². The number of urea groups is 1. The van der Waals surface area contributed by atoms with E-state index < -0.39 is 36.1 Å². The molecule has 130 valence electrons. The summed E-state index contributed by atoms with van der Waals surface area (Å²) in [7, 11) is 1.20. The van der Waals surface area contributed by atoms with Crippen molar-refractivity contribution in [3.8, 4) is 5.75 Å². The largest absolute Gasteiger partial charge is 0.573 e. The zero-order valence-corrected chi connectivity index (χ0v) is 12.4. The molecular formula is C14H13F3N2O5. The third-order valence-corrected chi connectivity index (χ3v) is 3.21. The van der Waals surface area contributed by atoms with Gasteiger partial charge in [0, 0.05) is 6.42 Å². The van der Waals surface area contributed by atoms with Crippen molar-refractivity contribution >= 4 is 23.6 Å². The van der Waals surface area contributed by atoms with Gasteiger partial charge in [-0.05, 0) is 30.7 Å². The topological polar surface area (TPSA) is 84.9 Å². The number of methoxy groups -OCH3 is 1. The Balaban J connectivity index is 2.07. The zero-order valence-electron chi connectivity index (χ0n) is 12.4. The van der Waals surface area contributed by atoms with E-state index in [0.717, 1.165) is 29.2 Å². The van der Waals surface area contributed by atoms with Crippen LogP contribution in [0, 0.1) is 0 Å². The second-order valence-electron chi connectivity index (χ2n) is 4.83. The minimum absolute atomic E-state index is 0.0562. The van der Waals surface area contributed by atoms with Crippen LogP contribution >= 0.6 is 0 Å². The number of esters is 1. The number of benzene rings is 1. The molecule has 0 aromatic heterocycles. The van der Waals surface area contributed by atoms with Gasteiger partial charge in [-0.15, -0.1) is 13.2 Å². The minimum Gasteiger partial charge on any atom is -0.469 e. The Bertz CT molecular complexity index is 645. The van der Waals surface area contributed by atoms with Crippen molar-refractivity contribution in [2.24, 2.45) is 0 Å². The molecule has 1 aromatic carbocycles. The van der Waals surface area contributed by atoms with Gasteiger partial charge in [-0.1, -0.05) is 0 Å². The molecule has 3 amide bonds. The van der Waals surface area contributed by atoms with Crippen molar-refractivity contribution in [2.75, 3.05) is 12.0 Å². The van der Waals surface area contributed by atoms with E-state index in [-0.39, 0.29) is 18.5 Å². The van der Waals surface area contributed by atoms with Crippen molar-refractivity contribution in [3.05, 3.63) is 24.3 Å². The lowest BCUT2D eigenvalue weighted by molar-refractivity contribution is -0.274. The van der Waals surface area contributed by atoms with Crippen molar-refractivity contribution in [2.45, 2.75) is 25.2 Å². The molecule has 1 aliphatic heterocycles. The molecule has 0 radical (unpaired) electrons. The van der Waals surface area contributed by atoms with E-state index in [0.29, 0.717) is 0 Å². The monoisotopic (exact) mass is 346 g/mol. The number of imide groups is 1. The number of ether oxygens (including phenoxy) is 2. The van der Waals surface area contributed by atoms with E-state index in [4.69, 9.17) is 0 Å². The summed E-state index contributed by atoms with van der Waals surface area (Å²) in [5.74, 6) is -1.60. The average molecular weight is 346 g/mol. The molecule has 1 heterocycles. The molecule has 24 heavy (non-hydrogen) atoms. The van der Waals surface area contributed by atoms with Gasteiger partial charge in [0.25, 0.3) is 5.91 Å². The summed E-state index contributed by atoms with van der Waals surface area (Å²) in [6.45, 7) is 0. The van der Waals surface area contributed by atoms with Crippen LogP contribution in [0.15, 0.2) is 24.3 Å². The normalized spacial score (nSPS) is 17.7. The predicted octanol–water partition coefficient (Wildman–Crippen LogP) is 1.96. The smallest absolute Gasteiger partial charge is 0.469 e. The Morgan fingerprint density at radius 2 is 1.88 bits per heavy atom. The van der Waals surface area contributed by atoms with E-state index in [1.54, 1.807) is 0 Å². The Hall–Kier alpha value is -2.78. The molecule has 2 rings (SSSR count). The zero-order chi connectivity index (χ0) is 17.9. The summed E-state index contributed by atoms with van der Waals surface area (Å²) in [6.07, 6.45) is -4.83. The molecule has 0 aliphatic carbocycles. The molecule has 0 bridgehead atoms. The van der Waals surface area contributed by atoms with Gasteiger partial charge in [0.1, 0.15) is 11.8 Å². The number of nitrogens with one attached hydrogen (secondary N) is 1. The molecule has 1 aliphatic rings. The molecule has 0 saturated carbocycles. The van der Waals surface area contributed by atoms with Crippen LogP contribution in [-0.2, 0) is 14.3 Å². The lowest BCUT2D eigenvalue weighted by atomic mass is 10.1. The first kappa shape index (κ1) is 17.6. The number of alkyl halides is 3. The first-order chi connectivity index (χ1) is 11.2. The van der Waals surface area contributed by atoms with E-state index in [2.05, 4.69) is 14.8 Å². The van der Waals surface area contributed by atoms with Gasteiger partial charge in [-0.2, -0.15) is 0 Å². The number of hydrogen-bond donors (Lipinski definition) is 1. The molecule has 1 fully saturated rings. The molecule has 0 spiro atoms. The molecular weight excluding hydrogens is 333 g/mol. The fraction of sp³-hybridized carbons (Fsp3) is 0.357. The van der Waals surface area contributed by atoms with Gasteiger partial charge in [-0.3, -0.25) is 9.59 Å². The Kier molecular flexibility index (Phi) is 4.96. The highest BCUT2D eigenvalue weighted by Gasteiger charge is 2.39. The van der Waals surface area contributed by atoms with E-state index in [1.165, 1.54) is 7.11 Å². The van der Waals surface area contributed by atoms with Crippen molar-refractivity contribution in [3.63, 3.8) is 0 Å². The lowest BCUT2D eigenvalue weighted by Crippen LogP contribution is -2.31. The number of carbonyl (C=O) groups excluding carboxylic acids is 3. The first-order valence-electron chi connectivity index (χ1n) is 6.78. The SMILES string of the molecule is COC(=O)CC[C@H]1NC(=O)N(c2ccc(OC(F)(F)F)cc2)C1=O. The van der Waals surface area contributed by atoms with Crippen LogP contribution in [0.4, 0.5) is 23.7 Å². The second kappa shape index (κ2) is 6.77. The summed E-state index contributed by atoms with van der Waals surface area (Å²) in [5.41, 5.74) is 0.0904. The Morgan fingerprint density at radius 1 is 1.25 bits per heavy atom. The molecule has 7 nitrogen and oxygen atoms in total. The molecule has 10 heteroatoms. The number of anilines is 1. The van der Waals surface area contributed by atoms with Crippen molar-refractivity contribution in [1.82, 2.24) is 5.32 Å². The van der Waals surface area contributed by atoms with Gasteiger partial charge < -0.3 is 14.8 Å². The minimum atomic E-state index is -4.83. The molecule has 1 N–H and O–H groups in total. The third kappa shape index (κ3) is 4.15. The lowest BCUT2D eigenvalue weighted by Gasteiger charge is -2.14. The molecule has 1 aromatic rings. The second-order valence-corrected chi connectivity index (χ2v) is 4.83. The Morgan fingerprint density at radius 3 is 2.42 bits per heavy atom. The number of nitrogens with zero attached hydrogens (tertiary/aromatic N) is 1. The fourth-order valence-corrected chi connectivity index (χ4v) is 2.13. The van der Waals surface area contributed by atoms with Crippen LogP contribution in [0.5, 0.6) is 5.75 Å². The summed E-state index contributed by atoms with van der Waals surface area (Å²) < 4.78 is 44.5. The number of amides is 3. The summed E-state index contributed by atoms with van der Waals surface area (Å²) >= 11 is 0. The highest BCUT2D eigenvalue weighted by atomic mass is 19.4. The molecule has 1 saturated heterocycles. The first-order valence-corrected chi connectivity index (χ1v) is 6.78. The maximum absolute atomic E-state index is 12.2. The van der Waals surface area contributed by atoms with E-state index in [1.807, 2.05) is 0 Å². The molecule has 0 unspecified atom stereocenters. The predicted molar refractivity (Wildman–Crippen MR) is 74.2 cm³/mol. The van der Waals surface area contributed by atoms with Crippen molar-refractivity contribution < 1.29 is 37.0 Å². The van der Waals surface area contributed by atoms with Gasteiger partial charge in [-0.25, -0.2) is 9.69 Å². The maximum atomic E-state index is 12.2. The Labute approximate surface area is 134 Å². The van der Waals surface area contributed by atoms with Crippen molar-refractivity contribution in [1.29, 1.82) is 0 Å². The number of hydrogen-bond acceptors (Lipinski definition) is 5. The van der Waals surface area contributed by atoms with Crippen LogP contribution in [0.1, 0.15) is 12.8 Å². The summed E-state index contributed by atoms with van der Waals surface area (Å²) in [4.78, 5) is 36.0. The van der Waals surface area contributed by atoms with Crippen LogP contribution < -0.4 is 15.0 Å². The highest BCUT2D eigenvalue weighted by Crippen LogP contribution is 2.27.